The van der Waals surface area contributed by atoms with E-state index in [1.165, 1.54) is 0 Å². The van der Waals surface area contributed by atoms with Crippen LogP contribution in [0.2, 0.25) is 0 Å². The van der Waals surface area contributed by atoms with E-state index in [1.807, 2.05) is 0 Å². The summed E-state index contributed by atoms with van der Waals surface area (Å²) >= 11 is 0. The molecule has 0 bridgehead atoms. The number of nitrogens with two attached hydrogens (primary N) is 1. The van der Waals surface area contributed by atoms with Crippen molar-refractivity contribution >= 4 is 5.78 Å². The second-order valence-electron chi connectivity index (χ2n) is 5.16. The lowest BCUT2D eigenvalue weighted by atomic mass is 9.86. The molecule has 1 rings (SSSR count). The minimum atomic E-state index is 0.257. The van der Waals surface area contributed by atoms with Gasteiger partial charge in [0.05, 0.1) is 12.9 Å². The number of hydrogen-bond donors (Lipinski definition) is 1. The maximum atomic E-state index is 11.9. The highest BCUT2D eigenvalue weighted by Gasteiger charge is 2.17. The first kappa shape index (κ1) is 14.2. The Hall–Kier alpha value is -0.830. The number of ether oxygens (including phenoxy) is 1. The average Bonchev–Trinajstić information content (AvgIpc) is 2.34. The SMILES string of the molecule is CC(C)C(CCN)CCC(=O)C1=COCCC1. The van der Waals surface area contributed by atoms with Gasteiger partial charge in [0, 0.05) is 12.0 Å². The number of rotatable bonds is 7. The first-order valence-corrected chi connectivity index (χ1v) is 6.69. The zero-order valence-electron chi connectivity index (χ0n) is 11.1. The standard InChI is InChI=1S/C14H25NO2/c1-11(2)12(7-8-15)5-6-14(16)13-4-3-9-17-10-13/h10-12H,3-9,15H2,1-2H3. The predicted octanol–water partition coefficient (Wildman–Crippen LogP) is 2.65. The van der Waals surface area contributed by atoms with Gasteiger partial charge < -0.3 is 10.5 Å². The van der Waals surface area contributed by atoms with Crippen LogP contribution in [-0.2, 0) is 9.53 Å². The molecule has 0 amide bonds. The predicted molar refractivity (Wildman–Crippen MR) is 69.5 cm³/mol. The van der Waals surface area contributed by atoms with E-state index in [1.54, 1.807) is 6.26 Å². The molecule has 3 heteroatoms. The Morgan fingerprint density at radius 2 is 2.24 bits per heavy atom. The Bertz CT molecular complexity index is 271. The Labute approximate surface area is 104 Å². The highest BCUT2D eigenvalue weighted by atomic mass is 16.5. The van der Waals surface area contributed by atoms with Crippen LogP contribution in [0.4, 0.5) is 0 Å². The van der Waals surface area contributed by atoms with Crippen LogP contribution in [0, 0.1) is 11.8 Å². The Balaban J connectivity index is 2.37. The molecular formula is C14H25NO2. The molecule has 1 heterocycles. The molecule has 2 N–H and O–H groups in total. The number of carbonyl (C=O) groups is 1. The second-order valence-corrected chi connectivity index (χ2v) is 5.16. The molecule has 0 saturated carbocycles. The normalized spacial score (nSPS) is 17.5. The third kappa shape index (κ3) is 4.90. The van der Waals surface area contributed by atoms with Crippen LogP contribution in [0.3, 0.4) is 0 Å². The van der Waals surface area contributed by atoms with Crippen LogP contribution in [-0.4, -0.2) is 18.9 Å². The molecule has 17 heavy (non-hydrogen) atoms. The highest BCUT2D eigenvalue weighted by Crippen LogP contribution is 2.23. The van der Waals surface area contributed by atoms with E-state index in [4.69, 9.17) is 10.5 Å². The van der Waals surface area contributed by atoms with Crippen molar-refractivity contribution in [3.63, 3.8) is 0 Å². The molecule has 1 aliphatic rings. The molecule has 98 valence electrons. The lowest BCUT2D eigenvalue weighted by molar-refractivity contribution is -0.116. The fraction of sp³-hybridized carbons (Fsp3) is 0.786. The average molecular weight is 239 g/mol. The van der Waals surface area contributed by atoms with Crippen LogP contribution < -0.4 is 5.73 Å². The van der Waals surface area contributed by atoms with Gasteiger partial charge in [-0.3, -0.25) is 4.79 Å². The lowest BCUT2D eigenvalue weighted by Gasteiger charge is -2.20. The van der Waals surface area contributed by atoms with Crippen LogP contribution in [0.15, 0.2) is 11.8 Å². The molecule has 1 unspecified atom stereocenters. The van der Waals surface area contributed by atoms with E-state index < -0.39 is 0 Å². The first-order chi connectivity index (χ1) is 8.15. The van der Waals surface area contributed by atoms with Crippen molar-refractivity contribution in [1.29, 1.82) is 0 Å². The summed E-state index contributed by atoms with van der Waals surface area (Å²) in [5.41, 5.74) is 6.47. The van der Waals surface area contributed by atoms with Crippen LogP contribution in [0.25, 0.3) is 0 Å². The van der Waals surface area contributed by atoms with Gasteiger partial charge in [-0.1, -0.05) is 13.8 Å². The molecule has 1 atom stereocenters. The maximum Gasteiger partial charge on any atom is 0.161 e. The molecule has 3 nitrogen and oxygen atoms in total. The van der Waals surface area contributed by atoms with Crippen LogP contribution in [0.1, 0.15) is 46.0 Å². The lowest BCUT2D eigenvalue weighted by Crippen LogP contribution is -2.17. The molecule has 0 fully saturated rings. The highest BCUT2D eigenvalue weighted by molar-refractivity contribution is 5.95. The summed E-state index contributed by atoms with van der Waals surface area (Å²) in [6.07, 6.45) is 6.10. The summed E-state index contributed by atoms with van der Waals surface area (Å²) in [7, 11) is 0. The number of carbonyl (C=O) groups excluding carboxylic acids is 1. The number of hydrogen-bond acceptors (Lipinski definition) is 3. The zero-order chi connectivity index (χ0) is 12.7. The Kier molecular flexibility index (Phi) is 6.27. The van der Waals surface area contributed by atoms with Gasteiger partial charge >= 0.3 is 0 Å². The zero-order valence-corrected chi connectivity index (χ0v) is 11.1. The molecular weight excluding hydrogens is 214 g/mol. The molecule has 1 aliphatic heterocycles. The van der Waals surface area contributed by atoms with Gasteiger partial charge in [0.25, 0.3) is 0 Å². The molecule has 0 aliphatic carbocycles. The fourth-order valence-corrected chi connectivity index (χ4v) is 2.27. The smallest absolute Gasteiger partial charge is 0.161 e. The Morgan fingerprint density at radius 3 is 2.76 bits per heavy atom. The quantitative estimate of drug-likeness (QED) is 0.743. The summed E-state index contributed by atoms with van der Waals surface area (Å²) in [5.74, 6) is 1.42. The van der Waals surface area contributed by atoms with E-state index in [2.05, 4.69) is 13.8 Å². The van der Waals surface area contributed by atoms with Crippen molar-refractivity contribution in [3.05, 3.63) is 11.8 Å². The van der Waals surface area contributed by atoms with Gasteiger partial charge in [0.1, 0.15) is 0 Å². The molecule has 0 spiro atoms. The van der Waals surface area contributed by atoms with Crippen molar-refractivity contribution in [1.82, 2.24) is 0 Å². The van der Waals surface area contributed by atoms with Crippen LogP contribution in [0.5, 0.6) is 0 Å². The number of allylic oxidation sites excluding steroid dienone is 1. The molecule has 0 aromatic carbocycles. The summed E-state index contributed by atoms with van der Waals surface area (Å²) in [5, 5.41) is 0. The van der Waals surface area contributed by atoms with E-state index in [9.17, 15) is 4.79 Å². The van der Waals surface area contributed by atoms with Gasteiger partial charge in [0.2, 0.25) is 0 Å². The first-order valence-electron chi connectivity index (χ1n) is 6.69. The van der Waals surface area contributed by atoms with Crippen molar-refractivity contribution in [3.8, 4) is 0 Å². The summed E-state index contributed by atoms with van der Waals surface area (Å²) in [6, 6.07) is 0. The third-order valence-corrected chi connectivity index (χ3v) is 3.51. The topological polar surface area (TPSA) is 52.3 Å². The van der Waals surface area contributed by atoms with Crippen LogP contribution >= 0.6 is 0 Å². The Morgan fingerprint density at radius 1 is 1.47 bits per heavy atom. The molecule has 0 aromatic heterocycles. The minimum Gasteiger partial charge on any atom is -0.501 e. The van der Waals surface area contributed by atoms with Gasteiger partial charge in [-0.05, 0) is 44.1 Å². The number of Topliss-reactive ketones (excluding diaryl/α,β-unsaturated/α-hetero) is 1. The maximum absolute atomic E-state index is 11.9. The van der Waals surface area contributed by atoms with Gasteiger partial charge in [-0.2, -0.15) is 0 Å². The van der Waals surface area contributed by atoms with Crippen molar-refractivity contribution in [2.75, 3.05) is 13.2 Å². The van der Waals surface area contributed by atoms with E-state index >= 15 is 0 Å². The summed E-state index contributed by atoms with van der Waals surface area (Å²) < 4.78 is 5.20. The third-order valence-electron chi connectivity index (χ3n) is 3.51. The molecule has 0 aromatic rings. The van der Waals surface area contributed by atoms with E-state index in [-0.39, 0.29) is 5.78 Å². The van der Waals surface area contributed by atoms with Crippen molar-refractivity contribution < 1.29 is 9.53 Å². The van der Waals surface area contributed by atoms with Crippen molar-refractivity contribution in [2.45, 2.75) is 46.0 Å². The van der Waals surface area contributed by atoms with Gasteiger partial charge in [0.15, 0.2) is 5.78 Å². The van der Waals surface area contributed by atoms with E-state index in [0.29, 0.717) is 24.8 Å². The van der Waals surface area contributed by atoms with Gasteiger partial charge in [-0.15, -0.1) is 0 Å². The summed E-state index contributed by atoms with van der Waals surface area (Å²) in [6.45, 7) is 5.86. The number of ketones is 1. The minimum absolute atomic E-state index is 0.257. The molecule has 0 saturated heterocycles. The largest absolute Gasteiger partial charge is 0.501 e. The second kappa shape index (κ2) is 7.49. The molecule has 0 radical (unpaired) electrons. The van der Waals surface area contributed by atoms with Gasteiger partial charge in [-0.25, -0.2) is 0 Å². The van der Waals surface area contributed by atoms with E-state index in [0.717, 1.165) is 37.9 Å². The van der Waals surface area contributed by atoms with Crippen molar-refractivity contribution in [2.24, 2.45) is 17.6 Å². The fourth-order valence-electron chi connectivity index (χ4n) is 2.27. The summed E-state index contributed by atoms with van der Waals surface area (Å²) in [4.78, 5) is 11.9. The monoisotopic (exact) mass is 239 g/mol.